The molecule has 2 aromatic carbocycles. The van der Waals surface area contributed by atoms with Crippen LogP contribution in [0.15, 0.2) is 53.0 Å². The largest absolute Gasteiger partial charge is 0.384 e. The average Bonchev–Trinajstić information content (AvgIpc) is 2.47. The predicted octanol–water partition coefficient (Wildman–Crippen LogP) is 3.76. The first kappa shape index (κ1) is 15.1. The van der Waals surface area contributed by atoms with Crippen molar-refractivity contribution >= 4 is 33.2 Å². The first-order valence-corrected chi connectivity index (χ1v) is 7.26. The highest BCUT2D eigenvalue weighted by atomic mass is 79.9. The lowest BCUT2D eigenvalue weighted by molar-refractivity contribution is -0.115. The van der Waals surface area contributed by atoms with Crippen molar-refractivity contribution < 1.29 is 4.79 Å². The molecule has 2 aromatic rings. The van der Waals surface area contributed by atoms with Crippen LogP contribution in [0.25, 0.3) is 0 Å². The van der Waals surface area contributed by atoms with Crippen LogP contribution in [0.5, 0.6) is 0 Å². The SMILES string of the molecule is N#Cc1cccc(NC(=O)CCNc2cccc(Br)c2)c1. The lowest BCUT2D eigenvalue weighted by Crippen LogP contribution is -2.16. The van der Waals surface area contributed by atoms with Gasteiger partial charge in [-0.05, 0) is 36.4 Å². The van der Waals surface area contributed by atoms with Crippen LogP contribution in [0.4, 0.5) is 11.4 Å². The minimum Gasteiger partial charge on any atom is -0.384 e. The molecule has 0 aliphatic rings. The van der Waals surface area contributed by atoms with Crippen LogP contribution in [0.1, 0.15) is 12.0 Å². The molecule has 0 atom stereocenters. The summed E-state index contributed by atoms with van der Waals surface area (Å²) >= 11 is 3.40. The molecule has 0 radical (unpaired) electrons. The Bertz CT molecular complexity index is 679. The van der Waals surface area contributed by atoms with Crippen LogP contribution < -0.4 is 10.6 Å². The Kier molecular flexibility index (Phi) is 5.35. The number of anilines is 2. The van der Waals surface area contributed by atoms with E-state index >= 15 is 0 Å². The quantitative estimate of drug-likeness (QED) is 0.868. The summed E-state index contributed by atoms with van der Waals surface area (Å²) < 4.78 is 0.991. The summed E-state index contributed by atoms with van der Waals surface area (Å²) in [6.07, 6.45) is 0.350. The van der Waals surface area contributed by atoms with Crippen molar-refractivity contribution in [2.24, 2.45) is 0 Å². The molecule has 5 heteroatoms. The molecular formula is C16H14BrN3O. The second-order valence-electron chi connectivity index (χ2n) is 4.43. The Balaban J connectivity index is 1.81. The smallest absolute Gasteiger partial charge is 0.226 e. The zero-order valence-electron chi connectivity index (χ0n) is 11.3. The summed E-state index contributed by atoms with van der Waals surface area (Å²) in [4.78, 5) is 11.8. The van der Waals surface area contributed by atoms with Gasteiger partial charge in [0.1, 0.15) is 0 Å². The second kappa shape index (κ2) is 7.46. The van der Waals surface area contributed by atoms with Crippen molar-refractivity contribution in [3.63, 3.8) is 0 Å². The molecule has 0 saturated carbocycles. The van der Waals surface area contributed by atoms with Crippen molar-refractivity contribution in [2.75, 3.05) is 17.2 Å². The molecule has 0 aliphatic heterocycles. The number of nitrogens with one attached hydrogen (secondary N) is 2. The molecule has 1 amide bonds. The van der Waals surface area contributed by atoms with Gasteiger partial charge < -0.3 is 10.6 Å². The second-order valence-corrected chi connectivity index (χ2v) is 5.34. The fourth-order valence-corrected chi connectivity index (χ4v) is 2.21. The van der Waals surface area contributed by atoms with E-state index in [2.05, 4.69) is 26.6 Å². The van der Waals surface area contributed by atoms with E-state index in [9.17, 15) is 4.79 Å². The molecule has 0 spiro atoms. The van der Waals surface area contributed by atoms with E-state index in [1.807, 2.05) is 30.3 Å². The van der Waals surface area contributed by atoms with Gasteiger partial charge in [0.25, 0.3) is 0 Å². The Hall–Kier alpha value is -2.32. The highest BCUT2D eigenvalue weighted by Crippen LogP contribution is 2.15. The summed E-state index contributed by atoms with van der Waals surface area (Å²) in [7, 11) is 0. The van der Waals surface area contributed by atoms with E-state index in [0.717, 1.165) is 10.2 Å². The van der Waals surface area contributed by atoms with Gasteiger partial charge in [-0.15, -0.1) is 0 Å². The average molecular weight is 344 g/mol. The Morgan fingerprint density at radius 3 is 2.67 bits per heavy atom. The highest BCUT2D eigenvalue weighted by molar-refractivity contribution is 9.10. The maximum atomic E-state index is 11.8. The van der Waals surface area contributed by atoms with E-state index in [4.69, 9.17) is 5.26 Å². The topological polar surface area (TPSA) is 64.9 Å². The predicted molar refractivity (Wildman–Crippen MR) is 87.0 cm³/mol. The van der Waals surface area contributed by atoms with Gasteiger partial charge in [0.15, 0.2) is 0 Å². The molecule has 21 heavy (non-hydrogen) atoms. The van der Waals surface area contributed by atoms with E-state index in [1.165, 1.54) is 0 Å². The number of nitrogens with zero attached hydrogens (tertiary/aromatic N) is 1. The normalized spacial score (nSPS) is 9.71. The first-order chi connectivity index (χ1) is 10.2. The molecule has 0 heterocycles. The number of amides is 1. The summed E-state index contributed by atoms with van der Waals surface area (Å²) in [5.74, 6) is -0.0902. The molecule has 106 valence electrons. The molecule has 2 N–H and O–H groups in total. The van der Waals surface area contributed by atoms with Crippen LogP contribution in [0.2, 0.25) is 0 Å². The Morgan fingerprint density at radius 2 is 1.90 bits per heavy atom. The van der Waals surface area contributed by atoms with Gasteiger partial charge in [-0.1, -0.05) is 28.1 Å². The molecule has 0 unspecified atom stereocenters. The molecule has 0 bridgehead atoms. The molecule has 4 nitrogen and oxygen atoms in total. The number of nitriles is 1. The number of rotatable bonds is 5. The maximum Gasteiger partial charge on any atom is 0.226 e. The van der Waals surface area contributed by atoms with Gasteiger partial charge in [0, 0.05) is 28.8 Å². The van der Waals surface area contributed by atoms with Crippen LogP contribution in [-0.2, 0) is 4.79 Å². The third-order valence-corrected chi connectivity index (χ3v) is 3.27. The Morgan fingerprint density at radius 1 is 1.14 bits per heavy atom. The zero-order chi connectivity index (χ0) is 15.1. The summed E-state index contributed by atoms with van der Waals surface area (Å²) in [6, 6.07) is 16.7. The first-order valence-electron chi connectivity index (χ1n) is 6.47. The number of carbonyl (C=O) groups excluding carboxylic acids is 1. The molecule has 2 rings (SSSR count). The van der Waals surface area contributed by atoms with Crippen molar-refractivity contribution in [1.82, 2.24) is 0 Å². The highest BCUT2D eigenvalue weighted by Gasteiger charge is 2.03. The summed E-state index contributed by atoms with van der Waals surface area (Å²) in [6.45, 7) is 0.542. The lowest BCUT2D eigenvalue weighted by atomic mass is 10.2. The van der Waals surface area contributed by atoms with Gasteiger partial charge in [-0.3, -0.25) is 4.79 Å². The fraction of sp³-hybridized carbons (Fsp3) is 0.125. The fourth-order valence-electron chi connectivity index (χ4n) is 1.81. The molecule has 0 aliphatic carbocycles. The zero-order valence-corrected chi connectivity index (χ0v) is 12.9. The number of hydrogen-bond donors (Lipinski definition) is 2. The molecular weight excluding hydrogens is 330 g/mol. The van der Waals surface area contributed by atoms with Crippen molar-refractivity contribution in [1.29, 1.82) is 5.26 Å². The maximum absolute atomic E-state index is 11.8. The molecule has 0 saturated heterocycles. The lowest BCUT2D eigenvalue weighted by Gasteiger charge is -2.08. The summed E-state index contributed by atoms with van der Waals surface area (Å²) in [5, 5.41) is 14.8. The standard InChI is InChI=1S/C16H14BrN3O/c17-13-4-2-5-14(10-13)19-8-7-16(21)20-15-6-1-3-12(9-15)11-18/h1-6,9-10,19H,7-8H2,(H,20,21). The number of hydrogen-bond acceptors (Lipinski definition) is 3. The summed E-state index contributed by atoms with van der Waals surface area (Å²) in [5.41, 5.74) is 2.13. The van der Waals surface area contributed by atoms with E-state index < -0.39 is 0 Å². The number of benzene rings is 2. The van der Waals surface area contributed by atoms with Crippen LogP contribution in [0, 0.1) is 11.3 Å². The van der Waals surface area contributed by atoms with Crippen LogP contribution in [0.3, 0.4) is 0 Å². The van der Waals surface area contributed by atoms with Crippen molar-refractivity contribution in [3.05, 3.63) is 58.6 Å². The minimum atomic E-state index is -0.0902. The minimum absolute atomic E-state index is 0.0902. The molecule has 0 fully saturated rings. The Labute approximate surface area is 131 Å². The third kappa shape index (κ3) is 4.93. The van der Waals surface area contributed by atoms with Gasteiger partial charge in [-0.2, -0.15) is 5.26 Å². The van der Waals surface area contributed by atoms with Gasteiger partial charge >= 0.3 is 0 Å². The van der Waals surface area contributed by atoms with E-state index in [-0.39, 0.29) is 5.91 Å². The number of halogens is 1. The van der Waals surface area contributed by atoms with Crippen molar-refractivity contribution in [2.45, 2.75) is 6.42 Å². The molecule has 0 aromatic heterocycles. The van der Waals surface area contributed by atoms with Crippen molar-refractivity contribution in [3.8, 4) is 6.07 Å². The van der Waals surface area contributed by atoms with Crippen LogP contribution >= 0.6 is 15.9 Å². The van der Waals surface area contributed by atoms with Crippen LogP contribution in [-0.4, -0.2) is 12.5 Å². The van der Waals surface area contributed by atoms with E-state index in [0.29, 0.717) is 24.2 Å². The van der Waals surface area contributed by atoms with Gasteiger partial charge in [0.2, 0.25) is 5.91 Å². The van der Waals surface area contributed by atoms with E-state index in [1.54, 1.807) is 24.3 Å². The van der Waals surface area contributed by atoms with Gasteiger partial charge in [-0.25, -0.2) is 0 Å². The van der Waals surface area contributed by atoms with Gasteiger partial charge in [0.05, 0.1) is 11.6 Å². The number of carbonyl (C=O) groups is 1. The third-order valence-electron chi connectivity index (χ3n) is 2.78. The monoisotopic (exact) mass is 343 g/mol.